The molecule has 8 heteroatoms. The molecule has 0 aliphatic rings. The van der Waals surface area contributed by atoms with Gasteiger partial charge in [0.15, 0.2) is 11.5 Å². The highest BCUT2D eigenvalue weighted by atomic mass is 16.5. The van der Waals surface area contributed by atoms with Crippen molar-refractivity contribution in [2.75, 3.05) is 18.5 Å². The number of anilines is 1. The topological polar surface area (TPSA) is 102 Å². The van der Waals surface area contributed by atoms with Gasteiger partial charge in [-0.3, -0.25) is 9.36 Å². The van der Waals surface area contributed by atoms with Crippen molar-refractivity contribution in [2.24, 2.45) is 0 Å². The number of carbonyl (C=O) groups excluding carboxylic acids is 1. The van der Waals surface area contributed by atoms with Gasteiger partial charge in [0.2, 0.25) is 11.7 Å². The fourth-order valence-electron chi connectivity index (χ4n) is 1.94. The molecule has 0 bridgehead atoms. The van der Waals surface area contributed by atoms with E-state index in [4.69, 9.17) is 14.7 Å². The van der Waals surface area contributed by atoms with Crippen LogP contribution in [-0.2, 0) is 11.3 Å². The number of ether oxygens (including phenoxy) is 2. The van der Waals surface area contributed by atoms with E-state index in [1.165, 1.54) is 10.9 Å². The summed E-state index contributed by atoms with van der Waals surface area (Å²) in [6, 6.07) is 7.03. The number of carbonyl (C=O) groups is 1. The minimum Gasteiger partial charge on any atom is -0.490 e. The quantitative estimate of drug-likeness (QED) is 0.832. The summed E-state index contributed by atoms with van der Waals surface area (Å²) in [5.41, 5.74) is 0.577. The zero-order chi connectivity index (χ0) is 16.7. The van der Waals surface area contributed by atoms with Gasteiger partial charge in [-0.1, -0.05) is 0 Å². The van der Waals surface area contributed by atoms with Crippen LogP contribution >= 0.6 is 0 Å². The molecule has 0 saturated heterocycles. The minimum atomic E-state index is -0.298. The van der Waals surface area contributed by atoms with Crippen molar-refractivity contribution in [2.45, 2.75) is 20.4 Å². The number of nitriles is 1. The molecule has 8 nitrogen and oxygen atoms in total. The predicted octanol–water partition coefficient (Wildman–Crippen LogP) is 1.59. The van der Waals surface area contributed by atoms with E-state index < -0.39 is 0 Å². The molecule has 0 spiro atoms. The highest BCUT2D eigenvalue weighted by Crippen LogP contribution is 2.30. The van der Waals surface area contributed by atoms with Crippen molar-refractivity contribution >= 4 is 11.6 Å². The van der Waals surface area contributed by atoms with Gasteiger partial charge in [-0.2, -0.15) is 5.26 Å². The third-order valence-corrected chi connectivity index (χ3v) is 2.86. The van der Waals surface area contributed by atoms with Crippen molar-refractivity contribution < 1.29 is 14.3 Å². The number of nitrogens with one attached hydrogen (secondary N) is 1. The van der Waals surface area contributed by atoms with Crippen LogP contribution in [0.3, 0.4) is 0 Å². The van der Waals surface area contributed by atoms with Crippen molar-refractivity contribution in [3.63, 3.8) is 0 Å². The second-order valence-corrected chi connectivity index (χ2v) is 4.47. The Morgan fingerprint density at radius 1 is 1.30 bits per heavy atom. The SMILES string of the molecule is CCOc1ccc(NC(=O)Cn2cnnc2C#N)cc1OCC. The monoisotopic (exact) mass is 315 g/mol. The van der Waals surface area contributed by atoms with Crippen LogP contribution in [0.1, 0.15) is 19.7 Å². The molecule has 0 fully saturated rings. The molecule has 1 heterocycles. The van der Waals surface area contributed by atoms with Crippen LogP contribution in [0.25, 0.3) is 0 Å². The number of rotatable bonds is 7. The van der Waals surface area contributed by atoms with E-state index in [0.717, 1.165) is 0 Å². The zero-order valence-electron chi connectivity index (χ0n) is 12.9. The lowest BCUT2D eigenvalue weighted by molar-refractivity contribution is -0.116. The number of nitrogens with zero attached hydrogens (tertiary/aromatic N) is 4. The third-order valence-electron chi connectivity index (χ3n) is 2.86. The van der Waals surface area contributed by atoms with Crippen LogP contribution in [0.5, 0.6) is 11.5 Å². The summed E-state index contributed by atoms with van der Waals surface area (Å²) in [5.74, 6) is 0.974. The molecular formula is C15H17N5O3. The molecule has 1 amide bonds. The van der Waals surface area contributed by atoms with Crippen molar-refractivity contribution in [1.82, 2.24) is 14.8 Å². The van der Waals surface area contributed by atoms with Crippen LogP contribution in [0.4, 0.5) is 5.69 Å². The Morgan fingerprint density at radius 3 is 2.74 bits per heavy atom. The molecular weight excluding hydrogens is 298 g/mol. The van der Waals surface area contributed by atoms with Crippen molar-refractivity contribution in [3.8, 4) is 17.6 Å². The van der Waals surface area contributed by atoms with E-state index in [0.29, 0.717) is 30.4 Å². The maximum absolute atomic E-state index is 12.1. The molecule has 0 unspecified atom stereocenters. The fraction of sp³-hybridized carbons (Fsp3) is 0.333. The van der Waals surface area contributed by atoms with Gasteiger partial charge in [0.1, 0.15) is 18.9 Å². The summed E-state index contributed by atoms with van der Waals surface area (Å²) in [6.07, 6.45) is 1.34. The van der Waals surface area contributed by atoms with Gasteiger partial charge < -0.3 is 14.8 Å². The van der Waals surface area contributed by atoms with Gasteiger partial charge in [-0.05, 0) is 26.0 Å². The van der Waals surface area contributed by atoms with E-state index in [9.17, 15) is 4.79 Å². The van der Waals surface area contributed by atoms with Crippen molar-refractivity contribution in [3.05, 3.63) is 30.4 Å². The fourth-order valence-corrected chi connectivity index (χ4v) is 1.94. The molecule has 23 heavy (non-hydrogen) atoms. The average molecular weight is 315 g/mol. The summed E-state index contributed by atoms with van der Waals surface area (Å²) in [7, 11) is 0. The Labute approximate surface area is 133 Å². The smallest absolute Gasteiger partial charge is 0.244 e. The molecule has 1 aromatic heterocycles. The number of aromatic nitrogens is 3. The minimum absolute atomic E-state index is 0.0485. The second-order valence-electron chi connectivity index (χ2n) is 4.47. The Morgan fingerprint density at radius 2 is 2.04 bits per heavy atom. The lowest BCUT2D eigenvalue weighted by atomic mass is 10.2. The first-order valence-electron chi connectivity index (χ1n) is 7.15. The van der Waals surface area contributed by atoms with Crippen LogP contribution in [0, 0.1) is 11.3 Å². The largest absolute Gasteiger partial charge is 0.490 e. The van der Waals surface area contributed by atoms with Gasteiger partial charge in [-0.25, -0.2) is 0 Å². The molecule has 0 aliphatic carbocycles. The maximum atomic E-state index is 12.1. The van der Waals surface area contributed by atoms with Gasteiger partial charge in [0.05, 0.1) is 13.2 Å². The molecule has 2 aromatic rings. The number of benzene rings is 1. The van der Waals surface area contributed by atoms with Crippen LogP contribution in [0.2, 0.25) is 0 Å². The first-order valence-corrected chi connectivity index (χ1v) is 7.15. The van der Waals surface area contributed by atoms with E-state index in [1.54, 1.807) is 18.2 Å². The Hall–Kier alpha value is -3.08. The standard InChI is InChI=1S/C15H17N5O3/c1-3-22-12-6-5-11(7-13(12)23-4-2)18-15(21)9-20-10-17-19-14(20)8-16/h5-7,10H,3-4,9H2,1-2H3,(H,18,21). The van der Waals surface area contributed by atoms with E-state index >= 15 is 0 Å². The normalized spacial score (nSPS) is 9.96. The maximum Gasteiger partial charge on any atom is 0.244 e. The first kappa shape index (κ1) is 16.3. The molecule has 0 radical (unpaired) electrons. The zero-order valence-corrected chi connectivity index (χ0v) is 12.9. The number of amides is 1. The molecule has 2 rings (SSSR count). The molecule has 1 aromatic carbocycles. The second kappa shape index (κ2) is 7.79. The highest BCUT2D eigenvalue weighted by Gasteiger charge is 2.11. The molecule has 0 aliphatic heterocycles. The van der Waals surface area contributed by atoms with E-state index in [2.05, 4.69) is 15.5 Å². The lowest BCUT2D eigenvalue weighted by Gasteiger charge is -2.13. The number of hydrogen-bond acceptors (Lipinski definition) is 6. The van der Waals surface area contributed by atoms with E-state index in [-0.39, 0.29) is 18.3 Å². The summed E-state index contributed by atoms with van der Waals surface area (Å²) < 4.78 is 12.3. The Balaban J connectivity index is 2.08. The molecule has 0 atom stereocenters. The van der Waals surface area contributed by atoms with Crippen LogP contribution in [0.15, 0.2) is 24.5 Å². The Kier molecular flexibility index (Phi) is 5.52. The van der Waals surface area contributed by atoms with Gasteiger partial charge >= 0.3 is 0 Å². The molecule has 1 N–H and O–H groups in total. The Bertz CT molecular complexity index is 720. The number of hydrogen-bond donors (Lipinski definition) is 1. The van der Waals surface area contributed by atoms with Gasteiger partial charge in [-0.15, -0.1) is 10.2 Å². The van der Waals surface area contributed by atoms with Gasteiger partial charge in [0, 0.05) is 11.8 Å². The van der Waals surface area contributed by atoms with E-state index in [1.807, 2.05) is 19.9 Å². The van der Waals surface area contributed by atoms with Gasteiger partial charge in [0.25, 0.3) is 0 Å². The summed E-state index contributed by atoms with van der Waals surface area (Å²) >= 11 is 0. The van der Waals surface area contributed by atoms with Crippen molar-refractivity contribution in [1.29, 1.82) is 5.26 Å². The average Bonchev–Trinajstić information content (AvgIpc) is 2.97. The lowest BCUT2D eigenvalue weighted by Crippen LogP contribution is -2.19. The summed E-state index contributed by atoms with van der Waals surface area (Å²) in [5, 5.41) is 18.8. The van der Waals surface area contributed by atoms with Crippen LogP contribution in [-0.4, -0.2) is 33.9 Å². The highest BCUT2D eigenvalue weighted by molar-refractivity contribution is 5.91. The predicted molar refractivity (Wildman–Crippen MR) is 82.1 cm³/mol. The summed E-state index contributed by atoms with van der Waals surface area (Å²) in [6.45, 7) is 4.72. The first-order chi connectivity index (χ1) is 11.2. The molecule has 0 saturated carbocycles. The third kappa shape index (κ3) is 4.20. The molecule has 120 valence electrons. The van der Waals surface area contributed by atoms with Crippen LogP contribution < -0.4 is 14.8 Å². The summed E-state index contributed by atoms with van der Waals surface area (Å²) in [4.78, 5) is 12.1.